The Morgan fingerprint density at radius 2 is 2.16 bits per heavy atom. The molecule has 1 saturated heterocycles. The van der Waals surface area contributed by atoms with Crippen molar-refractivity contribution in [1.29, 1.82) is 0 Å². The Morgan fingerprint density at radius 1 is 1.42 bits per heavy atom. The van der Waals surface area contributed by atoms with Crippen molar-refractivity contribution < 1.29 is 19.4 Å². The molecule has 2 rings (SSSR count). The molecule has 0 aromatic heterocycles. The predicted molar refractivity (Wildman–Crippen MR) is 70.3 cm³/mol. The monoisotopic (exact) mass is 265 g/mol. The first kappa shape index (κ1) is 13.7. The second-order valence-corrected chi connectivity index (χ2v) is 4.58. The molecule has 19 heavy (non-hydrogen) atoms. The molecule has 1 fully saturated rings. The van der Waals surface area contributed by atoms with Gasteiger partial charge in [0.25, 0.3) is 5.91 Å². The first-order chi connectivity index (χ1) is 9.20. The predicted octanol–water partition coefficient (Wildman–Crippen LogP) is 1.06. The quantitative estimate of drug-likeness (QED) is 0.884. The van der Waals surface area contributed by atoms with E-state index >= 15 is 0 Å². The highest BCUT2D eigenvalue weighted by Gasteiger charge is 2.22. The summed E-state index contributed by atoms with van der Waals surface area (Å²) in [6.45, 7) is 1.05. The number of likely N-dealkylation sites (tertiary alicyclic amines) is 1. The summed E-state index contributed by atoms with van der Waals surface area (Å²) in [5.74, 6) is 1.05. The van der Waals surface area contributed by atoms with Crippen LogP contribution < -0.4 is 9.47 Å². The molecule has 1 N–H and O–H groups in total. The zero-order valence-electron chi connectivity index (χ0n) is 11.0. The van der Waals surface area contributed by atoms with Crippen LogP contribution in [0.1, 0.15) is 12.8 Å². The van der Waals surface area contributed by atoms with Gasteiger partial charge in [-0.05, 0) is 25.0 Å². The standard InChI is InChI=1S/C14H19NO4/c1-18-12-6-2-3-7-13(12)19-10-14(17)15-8-4-5-11(16)9-15/h2-3,6-7,11,16H,4-5,8-10H2,1H3/t11-/m0/s1. The molecule has 0 saturated carbocycles. The number of hydrogen-bond acceptors (Lipinski definition) is 4. The van der Waals surface area contributed by atoms with Gasteiger partial charge in [-0.1, -0.05) is 12.1 Å². The zero-order chi connectivity index (χ0) is 13.7. The summed E-state index contributed by atoms with van der Waals surface area (Å²) in [5, 5.41) is 9.54. The highest BCUT2D eigenvalue weighted by molar-refractivity contribution is 5.78. The van der Waals surface area contributed by atoms with Crippen LogP contribution in [-0.4, -0.2) is 48.8 Å². The molecule has 5 nitrogen and oxygen atoms in total. The van der Waals surface area contributed by atoms with Gasteiger partial charge < -0.3 is 19.5 Å². The van der Waals surface area contributed by atoms with Gasteiger partial charge in [-0.25, -0.2) is 0 Å². The molecule has 0 unspecified atom stereocenters. The summed E-state index contributed by atoms with van der Waals surface area (Å²) in [4.78, 5) is 13.6. The maximum atomic E-state index is 12.0. The molecule has 0 bridgehead atoms. The van der Waals surface area contributed by atoms with Gasteiger partial charge in [0.05, 0.1) is 13.2 Å². The van der Waals surface area contributed by atoms with E-state index < -0.39 is 6.10 Å². The minimum absolute atomic E-state index is 0.0346. The molecule has 1 aliphatic heterocycles. The number of rotatable bonds is 4. The topological polar surface area (TPSA) is 59.0 Å². The van der Waals surface area contributed by atoms with Crippen molar-refractivity contribution in [2.24, 2.45) is 0 Å². The third-order valence-corrected chi connectivity index (χ3v) is 3.17. The van der Waals surface area contributed by atoms with Gasteiger partial charge in [-0.3, -0.25) is 4.79 Å². The average molecular weight is 265 g/mol. The molecule has 1 aromatic rings. The number of benzene rings is 1. The number of methoxy groups -OCH3 is 1. The number of piperidine rings is 1. The van der Waals surface area contributed by atoms with E-state index in [0.717, 1.165) is 12.8 Å². The van der Waals surface area contributed by atoms with Crippen LogP contribution in [0.15, 0.2) is 24.3 Å². The first-order valence-electron chi connectivity index (χ1n) is 6.42. The normalized spacial score (nSPS) is 19.1. The van der Waals surface area contributed by atoms with Gasteiger partial charge in [0.1, 0.15) is 0 Å². The van der Waals surface area contributed by atoms with Crippen molar-refractivity contribution >= 4 is 5.91 Å². The molecule has 5 heteroatoms. The number of carbonyl (C=O) groups excluding carboxylic acids is 1. The van der Waals surface area contributed by atoms with Crippen molar-refractivity contribution in [3.05, 3.63) is 24.3 Å². The van der Waals surface area contributed by atoms with Crippen molar-refractivity contribution in [3.63, 3.8) is 0 Å². The second-order valence-electron chi connectivity index (χ2n) is 4.58. The Bertz CT molecular complexity index is 435. The van der Waals surface area contributed by atoms with Crippen LogP contribution in [0.2, 0.25) is 0 Å². The summed E-state index contributed by atoms with van der Waals surface area (Å²) >= 11 is 0. The summed E-state index contributed by atoms with van der Waals surface area (Å²) in [5.41, 5.74) is 0. The van der Waals surface area contributed by atoms with Crippen LogP contribution in [-0.2, 0) is 4.79 Å². The lowest BCUT2D eigenvalue weighted by atomic mass is 10.1. The first-order valence-corrected chi connectivity index (χ1v) is 6.42. The number of amides is 1. The number of hydrogen-bond donors (Lipinski definition) is 1. The van der Waals surface area contributed by atoms with Crippen LogP contribution in [0.4, 0.5) is 0 Å². The van der Waals surface area contributed by atoms with Gasteiger partial charge in [-0.2, -0.15) is 0 Å². The largest absolute Gasteiger partial charge is 0.493 e. The molecular weight excluding hydrogens is 246 g/mol. The van der Waals surface area contributed by atoms with E-state index in [1.54, 1.807) is 24.1 Å². The van der Waals surface area contributed by atoms with E-state index in [1.807, 2.05) is 12.1 Å². The fraction of sp³-hybridized carbons (Fsp3) is 0.500. The van der Waals surface area contributed by atoms with Gasteiger partial charge in [0.2, 0.25) is 0 Å². The second kappa shape index (κ2) is 6.43. The SMILES string of the molecule is COc1ccccc1OCC(=O)N1CCC[C@H](O)C1. The van der Waals surface area contributed by atoms with Crippen molar-refractivity contribution in [3.8, 4) is 11.5 Å². The molecule has 1 atom stereocenters. The lowest BCUT2D eigenvalue weighted by Crippen LogP contribution is -2.44. The summed E-state index contributed by atoms with van der Waals surface area (Å²) < 4.78 is 10.6. The molecule has 1 aliphatic rings. The lowest BCUT2D eigenvalue weighted by molar-refractivity contribution is -0.136. The minimum Gasteiger partial charge on any atom is -0.493 e. The van der Waals surface area contributed by atoms with Gasteiger partial charge in [0, 0.05) is 13.1 Å². The van der Waals surface area contributed by atoms with E-state index in [-0.39, 0.29) is 12.5 Å². The maximum Gasteiger partial charge on any atom is 0.260 e. The number of carbonyl (C=O) groups is 1. The Hall–Kier alpha value is -1.75. The zero-order valence-corrected chi connectivity index (χ0v) is 11.0. The van der Waals surface area contributed by atoms with E-state index in [2.05, 4.69) is 0 Å². The lowest BCUT2D eigenvalue weighted by Gasteiger charge is -2.30. The van der Waals surface area contributed by atoms with Gasteiger partial charge >= 0.3 is 0 Å². The van der Waals surface area contributed by atoms with E-state index in [1.165, 1.54) is 0 Å². The Kier molecular flexibility index (Phi) is 4.63. The smallest absolute Gasteiger partial charge is 0.260 e. The number of aliphatic hydroxyl groups excluding tert-OH is 1. The molecule has 1 aromatic carbocycles. The number of ether oxygens (including phenoxy) is 2. The maximum absolute atomic E-state index is 12.0. The van der Waals surface area contributed by atoms with Crippen LogP contribution >= 0.6 is 0 Å². The molecule has 0 aliphatic carbocycles. The van der Waals surface area contributed by atoms with Crippen LogP contribution in [0.5, 0.6) is 11.5 Å². The average Bonchev–Trinajstić information content (AvgIpc) is 2.45. The summed E-state index contributed by atoms with van der Waals surface area (Å²) in [6.07, 6.45) is 1.18. The van der Waals surface area contributed by atoms with Gasteiger partial charge in [0.15, 0.2) is 18.1 Å². The molecular formula is C14H19NO4. The number of para-hydroxylation sites is 2. The molecule has 1 heterocycles. The fourth-order valence-corrected chi connectivity index (χ4v) is 2.15. The van der Waals surface area contributed by atoms with Crippen LogP contribution in [0.25, 0.3) is 0 Å². The summed E-state index contributed by atoms with van der Waals surface area (Å²) in [7, 11) is 1.56. The third-order valence-electron chi connectivity index (χ3n) is 3.17. The molecule has 104 valence electrons. The molecule has 0 spiro atoms. The third kappa shape index (κ3) is 3.61. The number of nitrogens with zero attached hydrogens (tertiary/aromatic N) is 1. The number of β-amino-alcohol motifs (C(OH)–C–C–N with tert-alkyl or cyclic N) is 1. The summed E-state index contributed by atoms with van der Waals surface area (Å²) in [6, 6.07) is 7.21. The van der Waals surface area contributed by atoms with Crippen molar-refractivity contribution in [1.82, 2.24) is 4.90 Å². The molecule has 1 amide bonds. The van der Waals surface area contributed by atoms with Crippen LogP contribution in [0.3, 0.4) is 0 Å². The Morgan fingerprint density at radius 3 is 2.84 bits per heavy atom. The van der Waals surface area contributed by atoms with Crippen molar-refractivity contribution in [2.45, 2.75) is 18.9 Å². The highest BCUT2D eigenvalue weighted by atomic mass is 16.5. The Balaban J connectivity index is 1.89. The number of aliphatic hydroxyl groups is 1. The van der Waals surface area contributed by atoms with Gasteiger partial charge in [-0.15, -0.1) is 0 Å². The van der Waals surface area contributed by atoms with Crippen LogP contribution in [0, 0.1) is 0 Å². The fourth-order valence-electron chi connectivity index (χ4n) is 2.15. The van der Waals surface area contributed by atoms with E-state index in [4.69, 9.17) is 9.47 Å². The Labute approximate surface area is 112 Å². The highest BCUT2D eigenvalue weighted by Crippen LogP contribution is 2.25. The van der Waals surface area contributed by atoms with Crippen molar-refractivity contribution in [2.75, 3.05) is 26.8 Å². The minimum atomic E-state index is -0.413. The van der Waals surface area contributed by atoms with E-state index in [9.17, 15) is 9.90 Å². The van der Waals surface area contributed by atoms with E-state index in [0.29, 0.717) is 24.6 Å². The molecule has 0 radical (unpaired) electrons.